The molecule has 1 amide bonds. The molecule has 0 aromatic heterocycles. The van der Waals surface area contributed by atoms with Crippen LogP contribution >= 0.6 is 0 Å². The number of halogens is 6. The third-order valence-corrected chi connectivity index (χ3v) is 4.19. The number of aliphatic imine (C=N–C) groups is 1. The Balaban J connectivity index is 2.01. The lowest BCUT2D eigenvalue weighted by Gasteiger charge is -2.22. The van der Waals surface area contributed by atoms with Gasteiger partial charge in [0.15, 0.2) is 11.6 Å². The minimum Gasteiger partial charge on any atom is -0.403 e. The molecule has 0 fully saturated rings. The summed E-state index contributed by atoms with van der Waals surface area (Å²) in [5.41, 5.74) is -0.642. The number of hydrogen-bond donors (Lipinski definition) is 1. The van der Waals surface area contributed by atoms with Crippen molar-refractivity contribution in [2.45, 2.75) is 18.8 Å². The van der Waals surface area contributed by atoms with E-state index in [-0.39, 0.29) is 11.1 Å². The van der Waals surface area contributed by atoms with E-state index in [9.17, 15) is 31.1 Å². The van der Waals surface area contributed by atoms with Crippen molar-refractivity contribution in [3.63, 3.8) is 0 Å². The number of alkyl halides is 3. The largest absolute Gasteiger partial charge is 0.573 e. The van der Waals surface area contributed by atoms with E-state index in [0.29, 0.717) is 25.1 Å². The van der Waals surface area contributed by atoms with Gasteiger partial charge in [-0.25, -0.2) is 13.2 Å². The fourth-order valence-electron chi connectivity index (χ4n) is 2.89. The minimum absolute atomic E-state index is 0.139. The lowest BCUT2D eigenvalue weighted by atomic mass is 9.96. The molecule has 0 aliphatic carbocycles. The highest BCUT2D eigenvalue weighted by molar-refractivity contribution is 6.12. The van der Waals surface area contributed by atoms with Crippen molar-refractivity contribution >= 4 is 12.1 Å². The summed E-state index contributed by atoms with van der Waals surface area (Å²) in [6.45, 7) is 0.480. The molecule has 0 saturated heterocycles. The molecular formula is C20H14F6N2O2. The van der Waals surface area contributed by atoms with E-state index in [1.54, 1.807) is 6.08 Å². The van der Waals surface area contributed by atoms with E-state index in [0.717, 1.165) is 24.3 Å². The van der Waals surface area contributed by atoms with Gasteiger partial charge >= 0.3 is 6.36 Å². The van der Waals surface area contributed by atoms with Crippen molar-refractivity contribution in [1.29, 1.82) is 0 Å². The Labute approximate surface area is 166 Å². The number of amides is 1. The normalized spacial score (nSPS) is 14.8. The first kappa shape index (κ1) is 21.4. The predicted molar refractivity (Wildman–Crippen MR) is 95.5 cm³/mol. The molecule has 158 valence electrons. The molecule has 0 radical (unpaired) electrons. The second kappa shape index (κ2) is 8.60. The predicted octanol–water partition coefficient (Wildman–Crippen LogP) is 4.61. The molecule has 30 heavy (non-hydrogen) atoms. The summed E-state index contributed by atoms with van der Waals surface area (Å²) in [7, 11) is 0. The van der Waals surface area contributed by atoms with Crippen molar-refractivity contribution in [2.24, 2.45) is 4.99 Å². The number of rotatable bonds is 5. The molecule has 1 aliphatic rings. The van der Waals surface area contributed by atoms with Crippen LogP contribution in [0.1, 0.15) is 23.6 Å². The molecule has 2 aromatic carbocycles. The maximum Gasteiger partial charge on any atom is 0.573 e. The van der Waals surface area contributed by atoms with Gasteiger partial charge in [-0.3, -0.25) is 9.79 Å². The van der Waals surface area contributed by atoms with Crippen LogP contribution in [0.15, 0.2) is 53.0 Å². The van der Waals surface area contributed by atoms with Crippen LogP contribution in [-0.4, -0.2) is 25.0 Å². The third-order valence-electron chi connectivity index (χ3n) is 4.19. The number of nitrogens with one attached hydrogen (secondary N) is 1. The number of dihydropyridines is 1. The lowest BCUT2D eigenvalue weighted by Crippen LogP contribution is -2.32. The highest BCUT2D eigenvalue weighted by atomic mass is 19.4. The van der Waals surface area contributed by atoms with Gasteiger partial charge in [0.1, 0.15) is 11.6 Å². The zero-order valence-corrected chi connectivity index (χ0v) is 15.1. The van der Waals surface area contributed by atoms with Gasteiger partial charge in [-0.05, 0) is 36.2 Å². The second-order valence-electron chi connectivity index (χ2n) is 6.26. The fourth-order valence-corrected chi connectivity index (χ4v) is 2.89. The second-order valence-corrected chi connectivity index (χ2v) is 6.26. The minimum atomic E-state index is -5.12. The van der Waals surface area contributed by atoms with Crippen LogP contribution < -0.4 is 10.1 Å². The number of benzene rings is 2. The maximum absolute atomic E-state index is 14.4. The van der Waals surface area contributed by atoms with Crippen molar-refractivity contribution < 1.29 is 35.9 Å². The van der Waals surface area contributed by atoms with E-state index in [1.165, 1.54) is 6.21 Å². The zero-order chi connectivity index (χ0) is 21.9. The Bertz CT molecular complexity index is 997. The first-order chi connectivity index (χ1) is 14.2. The Hall–Kier alpha value is -3.30. The number of carbonyl (C=O) groups excluding carboxylic acids is 1. The standard InChI is InChI=1S/C20H14F6N2O2/c21-13-4-1-5-14(22)17(13)18(28-19(29)12-3-2-8-27-10-12)11-6-7-16(15(23)9-11)30-20(24,25)26/h1,3-7,9-10,18H,2,8H2,(H,28,29). The van der Waals surface area contributed by atoms with Crippen LogP contribution in [0.4, 0.5) is 26.3 Å². The number of nitrogens with zero attached hydrogens (tertiary/aromatic N) is 1. The molecule has 10 heteroatoms. The SMILES string of the molecule is O=C(NC(c1ccc(OC(F)(F)F)c(F)c1)c1c(F)cccc1F)C1=CCCN=C1. The Morgan fingerprint density at radius 1 is 1.07 bits per heavy atom. The summed E-state index contributed by atoms with van der Waals surface area (Å²) < 4.78 is 83.6. The highest BCUT2D eigenvalue weighted by Crippen LogP contribution is 2.32. The van der Waals surface area contributed by atoms with Gasteiger partial charge in [0.05, 0.1) is 17.2 Å². The molecule has 0 spiro atoms. The summed E-state index contributed by atoms with van der Waals surface area (Å²) in [6.07, 6.45) is -1.79. The summed E-state index contributed by atoms with van der Waals surface area (Å²) in [5, 5.41) is 2.39. The van der Waals surface area contributed by atoms with Gasteiger partial charge in [0, 0.05) is 12.8 Å². The number of carbonyl (C=O) groups is 1. The van der Waals surface area contributed by atoms with E-state index >= 15 is 0 Å². The van der Waals surface area contributed by atoms with Gasteiger partial charge in [0.2, 0.25) is 0 Å². The Morgan fingerprint density at radius 2 is 1.77 bits per heavy atom. The molecule has 4 nitrogen and oxygen atoms in total. The van der Waals surface area contributed by atoms with Crippen molar-refractivity contribution in [1.82, 2.24) is 5.32 Å². The first-order valence-corrected chi connectivity index (χ1v) is 8.65. The van der Waals surface area contributed by atoms with Crippen LogP contribution in [0.3, 0.4) is 0 Å². The smallest absolute Gasteiger partial charge is 0.403 e. The zero-order valence-electron chi connectivity index (χ0n) is 15.1. The van der Waals surface area contributed by atoms with Crippen LogP contribution in [0.2, 0.25) is 0 Å². The highest BCUT2D eigenvalue weighted by Gasteiger charge is 2.33. The summed E-state index contributed by atoms with van der Waals surface area (Å²) in [5.74, 6) is -5.32. The van der Waals surface area contributed by atoms with Crippen molar-refractivity contribution in [3.05, 3.63) is 76.6 Å². The molecule has 1 heterocycles. The van der Waals surface area contributed by atoms with Gasteiger partial charge < -0.3 is 10.1 Å². The average Bonchev–Trinajstić information content (AvgIpc) is 2.68. The lowest BCUT2D eigenvalue weighted by molar-refractivity contribution is -0.275. The van der Waals surface area contributed by atoms with E-state index in [2.05, 4.69) is 15.0 Å². The number of hydrogen-bond acceptors (Lipinski definition) is 3. The molecule has 2 aromatic rings. The fraction of sp³-hybridized carbons (Fsp3) is 0.200. The first-order valence-electron chi connectivity index (χ1n) is 8.65. The van der Waals surface area contributed by atoms with Crippen LogP contribution in [-0.2, 0) is 4.79 Å². The summed E-state index contributed by atoms with van der Waals surface area (Å²) in [4.78, 5) is 16.5. The Morgan fingerprint density at radius 3 is 2.33 bits per heavy atom. The van der Waals surface area contributed by atoms with Crippen LogP contribution in [0, 0.1) is 17.5 Å². The molecule has 1 atom stereocenters. The summed E-state index contributed by atoms with van der Waals surface area (Å²) >= 11 is 0. The van der Waals surface area contributed by atoms with Gasteiger partial charge in [-0.2, -0.15) is 0 Å². The van der Waals surface area contributed by atoms with E-state index in [1.807, 2.05) is 0 Å². The van der Waals surface area contributed by atoms with Crippen LogP contribution in [0.25, 0.3) is 0 Å². The Kier molecular flexibility index (Phi) is 6.14. The maximum atomic E-state index is 14.4. The molecule has 1 N–H and O–H groups in total. The monoisotopic (exact) mass is 428 g/mol. The molecule has 1 aliphatic heterocycles. The molecule has 3 rings (SSSR count). The van der Waals surface area contributed by atoms with Gasteiger partial charge in [-0.1, -0.05) is 18.2 Å². The van der Waals surface area contributed by atoms with Crippen LogP contribution in [0.5, 0.6) is 5.75 Å². The molecule has 0 saturated carbocycles. The topological polar surface area (TPSA) is 50.7 Å². The molecular weight excluding hydrogens is 414 g/mol. The van der Waals surface area contributed by atoms with Gasteiger partial charge in [0.25, 0.3) is 5.91 Å². The quantitative estimate of drug-likeness (QED) is 0.708. The van der Waals surface area contributed by atoms with E-state index < -0.39 is 47.1 Å². The molecule has 0 bridgehead atoms. The van der Waals surface area contributed by atoms with Crippen molar-refractivity contribution in [2.75, 3.05) is 6.54 Å². The third kappa shape index (κ3) is 5.00. The average molecular weight is 428 g/mol. The molecule has 1 unspecified atom stereocenters. The van der Waals surface area contributed by atoms with Crippen molar-refractivity contribution in [3.8, 4) is 5.75 Å². The van der Waals surface area contributed by atoms with E-state index in [4.69, 9.17) is 0 Å². The summed E-state index contributed by atoms with van der Waals surface area (Å²) in [6, 6.07) is 3.71. The number of ether oxygens (including phenoxy) is 1. The van der Waals surface area contributed by atoms with Gasteiger partial charge in [-0.15, -0.1) is 13.2 Å².